The molecule has 3 amide bonds. The van der Waals surface area contributed by atoms with Crippen molar-refractivity contribution in [1.82, 2.24) is 10.2 Å². The van der Waals surface area contributed by atoms with Gasteiger partial charge in [-0.3, -0.25) is 9.69 Å². The highest BCUT2D eigenvalue weighted by Crippen LogP contribution is 2.38. The molecule has 1 aromatic carbocycles. The predicted molar refractivity (Wildman–Crippen MR) is 91.9 cm³/mol. The first-order valence-corrected chi connectivity index (χ1v) is 8.86. The van der Waals surface area contributed by atoms with E-state index in [0.29, 0.717) is 19.6 Å². The van der Waals surface area contributed by atoms with Gasteiger partial charge in [0, 0.05) is 6.54 Å². The van der Waals surface area contributed by atoms with Crippen LogP contribution in [0.15, 0.2) is 24.3 Å². The fraction of sp³-hybridized carbons (Fsp3) is 0.579. The zero-order chi connectivity index (χ0) is 17.2. The number of carbonyl (C=O) groups excluding carboxylic acids is 2. The van der Waals surface area contributed by atoms with Gasteiger partial charge in [0.15, 0.2) is 0 Å². The highest BCUT2D eigenvalue weighted by molar-refractivity contribution is 6.07. The molecule has 2 unspecified atom stereocenters. The first kappa shape index (κ1) is 16.8. The number of rotatable bonds is 5. The molecule has 5 nitrogen and oxygen atoms in total. The SMILES string of the molecule is Cc1cccc(OCCCN2C(=O)NC3(CCCCC3C)C2=O)c1. The van der Waals surface area contributed by atoms with Gasteiger partial charge in [0.1, 0.15) is 11.3 Å². The second-order valence-corrected chi connectivity index (χ2v) is 7.02. The minimum absolute atomic E-state index is 0.0461. The molecule has 1 aromatic rings. The Kier molecular flexibility index (Phi) is 4.78. The number of amides is 3. The first-order valence-electron chi connectivity index (χ1n) is 8.86. The van der Waals surface area contributed by atoms with Crippen LogP contribution in [-0.2, 0) is 4.79 Å². The van der Waals surface area contributed by atoms with Crippen LogP contribution in [0.4, 0.5) is 4.79 Å². The fourth-order valence-electron chi connectivity index (χ4n) is 3.82. The number of nitrogens with zero attached hydrogens (tertiary/aromatic N) is 1. The molecule has 5 heteroatoms. The zero-order valence-corrected chi connectivity index (χ0v) is 14.5. The quantitative estimate of drug-likeness (QED) is 0.666. The summed E-state index contributed by atoms with van der Waals surface area (Å²) in [6.45, 7) is 4.99. The molecule has 0 radical (unpaired) electrons. The number of urea groups is 1. The standard InChI is InChI=1S/C19H26N2O3/c1-14-7-5-9-16(13-14)24-12-6-11-21-17(22)19(20-18(21)23)10-4-3-8-15(19)2/h5,7,9,13,15H,3-4,6,8,10-12H2,1-2H3,(H,20,23). The fourth-order valence-corrected chi connectivity index (χ4v) is 3.82. The normalized spacial score (nSPS) is 26.8. The van der Waals surface area contributed by atoms with Crippen molar-refractivity contribution in [2.24, 2.45) is 5.92 Å². The van der Waals surface area contributed by atoms with Crippen LogP contribution < -0.4 is 10.1 Å². The van der Waals surface area contributed by atoms with Crippen molar-refractivity contribution in [3.8, 4) is 5.75 Å². The van der Waals surface area contributed by atoms with Gasteiger partial charge in [-0.1, -0.05) is 31.9 Å². The first-order chi connectivity index (χ1) is 11.5. The molecule has 24 heavy (non-hydrogen) atoms. The summed E-state index contributed by atoms with van der Waals surface area (Å²) in [7, 11) is 0. The molecule has 0 aromatic heterocycles. The molecule has 1 aliphatic heterocycles. The molecule has 130 valence electrons. The van der Waals surface area contributed by atoms with E-state index in [0.717, 1.165) is 37.0 Å². The number of benzene rings is 1. The molecule has 1 N–H and O–H groups in total. The third-order valence-corrected chi connectivity index (χ3v) is 5.29. The van der Waals surface area contributed by atoms with Crippen LogP contribution in [0.5, 0.6) is 5.75 Å². The summed E-state index contributed by atoms with van der Waals surface area (Å²) in [6, 6.07) is 7.62. The maximum absolute atomic E-state index is 12.8. The van der Waals surface area contributed by atoms with Crippen LogP contribution in [0, 0.1) is 12.8 Å². The smallest absolute Gasteiger partial charge is 0.325 e. The van der Waals surface area contributed by atoms with E-state index < -0.39 is 5.54 Å². The summed E-state index contributed by atoms with van der Waals surface area (Å²) < 4.78 is 5.71. The number of hydrogen-bond acceptors (Lipinski definition) is 3. The van der Waals surface area contributed by atoms with E-state index >= 15 is 0 Å². The summed E-state index contributed by atoms with van der Waals surface area (Å²) in [5, 5.41) is 2.98. The van der Waals surface area contributed by atoms with E-state index in [1.165, 1.54) is 4.90 Å². The van der Waals surface area contributed by atoms with Crippen molar-refractivity contribution in [3.05, 3.63) is 29.8 Å². The van der Waals surface area contributed by atoms with Crippen LogP contribution in [0.3, 0.4) is 0 Å². The lowest BCUT2D eigenvalue weighted by Gasteiger charge is -2.36. The van der Waals surface area contributed by atoms with Crippen LogP contribution in [0.1, 0.15) is 44.6 Å². The molecular weight excluding hydrogens is 304 g/mol. The van der Waals surface area contributed by atoms with Gasteiger partial charge in [0.2, 0.25) is 0 Å². The molecule has 2 fully saturated rings. The van der Waals surface area contributed by atoms with Gasteiger partial charge in [-0.05, 0) is 49.8 Å². The Morgan fingerprint density at radius 2 is 2.17 bits per heavy atom. The Labute approximate surface area is 143 Å². The van der Waals surface area contributed by atoms with Crippen molar-refractivity contribution in [1.29, 1.82) is 0 Å². The van der Waals surface area contributed by atoms with E-state index in [9.17, 15) is 9.59 Å². The van der Waals surface area contributed by atoms with Gasteiger partial charge in [0.25, 0.3) is 5.91 Å². The molecule has 1 aliphatic carbocycles. The van der Waals surface area contributed by atoms with Gasteiger partial charge in [-0.2, -0.15) is 0 Å². The van der Waals surface area contributed by atoms with Crippen molar-refractivity contribution < 1.29 is 14.3 Å². The average Bonchev–Trinajstić information content (AvgIpc) is 2.79. The molecule has 3 rings (SSSR count). The molecular formula is C19H26N2O3. The summed E-state index contributed by atoms with van der Waals surface area (Å²) in [6.07, 6.45) is 4.53. The maximum atomic E-state index is 12.8. The molecule has 1 spiro atoms. The van der Waals surface area contributed by atoms with E-state index in [-0.39, 0.29) is 17.9 Å². The minimum Gasteiger partial charge on any atom is -0.494 e. The van der Waals surface area contributed by atoms with Gasteiger partial charge >= 0.3 is 6.03 Å². The number of ether oxygens (including phenoxy) is 1. The number of hydrogen-bond donors (Lipinski definition) is 1. The van der Waals surface area contributed by atoms with Gasteiger partial charge in [0.05, 0.1) is 6.61 Å². The topological polar surface area (TPSA) is 58.6 Å². The molecule has 1 saturated carbocycles. The summed E-state index contributed by atoms with van der Waals surface area (Å²) >= 11 is 0. The Bertz CT molecular complexity index is 631. The van der Waals surface area contributed by atoms with Gasteiger partial charge in [-0.15, -0.1) is 0 Å². The number of nitrogens with one attached hydrogen (secondary N) is 1. The Balaban J connectivity index is 1.54. The van der Waals surface area contributed by atoms with Crippen LogP contribution in [0.25, 0.3) is 0 Å². The summed E-state index contributed by atoms with van der Waals surface area (Å²) in [5.41, 5.74) is 0.488. The van der Waals surface area contributed by atoms with E-state index in [2.05, 4.69) is 12.2 Å². The van der Waals surface area contributed by atoms with Crippen molar-refractivity contribution in [2.75, 3.05) is 13.2 Å². The molecule has 0 bridgehead atoms. The summed E-state index contributed by atoms with van der Waals surface area (Å²) in [4.78, 5) is 26.5. The van der Waals surface area contributed by atoms with E-state index in [1.54, 1.807) is 0 Å². The molecule has 2 aliphatic rings. The second-order valence-electron chi connectivity index (χ2n) is 7.02. The average molecular weight is 330 g/mol. The Hall–Kier alpha value is -2.04. The monoisotopic (exact) mass is 330 g/mol. The maximum Gasteiger partial charge on any atom is 0.325 e. The summed E-state index contributed by atoms with van der Waals surface area (Å²) in [5.74, 6) is 0.982. The van der Waals surface area contributed by atoms with Crippen LogP contribution in [0.2, 0.25) is 0 Å². The van der Waals surface area contributed by atoms with Crippen molar-refractivity contribution >= 4 is 11.9 Å². The number of aryl methyl sites for hydroxylation is 1. The molecule has 2 atom stereocenters. The van der Waals surface area contributed by atoms with E-state index in [1.807, 2.05) is 31.2 Å². The Morgan fingerprint density at radius 3 is 2.92 bits per heavy atom. The Morgan fingerprint density at radius 1 is 1.33 bits per heavy atom. The van der Waals surface area contributed by atoms with Crippen molar-refractivity contribution in [2.45, 2.75) is 51.5 Å². The van der Waals surface area contributed by atoms with Crippen LogP contribution >= 0.6 is 0 Å². The third-order valence-electron chi connectivity index (χ3n) is 5.29. The molecule has 1 saturated heterocycles. The highest BCUT2D eigenvalue weighted by atomic mass is 16.5. The van der Waals surface area contributed by atoms with E-state index in [4.69, 9.17) is 4.74 Å². The third kappa shape index (κ3) is 3.12. The number of imide groups is 1. The van der Waals surface area contributed by atoms with Gasteiger partial charge < -0.3 is 10.1 Å². The van der Waals surface area contributed by atoms with Crippen molar-refractivity contribution in [3.63, 3.8) is 0 Å². The predicted octanol–water partition coefficient (Wildman–Crippen LogP) is 3.26. The largest absolute Gasteiger partial charge is 0.494 e. The number of carbonyl (C=O) groups is 2. The lowest BCUT2D eigenvalue weighted by atomic mass is 9.73. The minimum atomic E-state index is -0.660. The second kappa shape index (κ2) is 6.83. The lowest BCUT2D eigenvalue weighted by Crippen LogP contribution is -2.53. The zero-order valence-electron chi connectivity index (χ0n) is 14.5. The molecule has 1 heterocycles. The van der Waals surface area contributed by atoms with Gasteiger partial charge in [-0.25, -0.2) is 4.79 Å². The highest BCUT2D eigenvalue weighted by Gasteiger charge is 2.54. The lowest BCUT2D eigenvalue weighted by molar-refractivity contribution is -0.134. The van der Waals surface area contributed by atoms with Crippen LogP contribution in [-0.4, -0.2) is 35.5 Å².